The molecule has 184 valence electrons. The molecule has 5 N–H and O–H groups in total. The van der Waals surface area contributed by atoms with Crippen LogP contribution in [0.1, 0.15) is 55.7 Å². The summed E-state index contributed by atoms with van der Waals surface area (Å²) < 4.78 is 5.80. The van der Waals surface area contributed by atoms with Gasteiger partial charge in [0, 0.05) is 22.8 Å². The fourth-order valence-electron chi connectivity index (χ4n) is 4.30. The maximum atomic E-state index is 12.6. The molecule has 1 unspecified atom stereocenters. The summed E-state index contributed by atoms with van der Waals surface area (Å²) >= 11 is 6.36. The van der Waals surface area contributed by atoms with Gasteiger partial charge >= 0.3 is 0 Å². The van der Waals surface area contributed by atoms with Gasteiger partial charge in [-0.1, -0.05) is 32.4 Å². The van der Waals surface area contributed by atoms with Gasteiger partial charge in [-0.2, -0.15) is 0 Å². The van der Waals surface area contributed by atoms with Crippen molar-refractivity contribution in [2.75, 3.05) is 17.2 Å². The molecule has 35 heavy (non-hydrogen) atoms. The van der Waals surface area contributed by atoms with Crippen LogP contribution >= 0.6 is 11.6 Å². The molecule has 1 aliphatic heterocycles. The normalized spacial score (nSPS) is 16.8. The van der Waals surface area contributed by atoms with Crippen LogP contribution in [0, 0.1) is 23.3 Å². The fraction of sp³-hybridized carbons (Fsp3) is 0.375. The van der Waals surface area contributed by atoms with Crippen LogP contribution < -0.4 is 21.5 Å². The SMILES string of the molecule is Cc1ccc([C@H](Nc2c(Nc3ccc(Cl)c4c3C(O)N(CC(=N)N=N)C4)c(=O)c2=O)C(C)(C)C)o1. The van der Waals surface area contributed by atoms with Crippen molar-refractivity contribution in [1.29, 1.82) is 10.9 Å². The second-order valence-corrected chi connectivity index (χ2v) is 10.2. The summed E-state index contributed by atoms with van der Waals surface area (Å²) in [5.74, 6) is 1.17. The molecule has 3 aromatic rings. The molecule has 0 saturated carbocycles. The van der Waals surface area contributed by atoms with Gasteiger partial charge < -0.3 is 20.2 Å². The van der Waals surface area contributed by atoms with Crippen molar-refractivity contribution in [3.8, 4) is 0 Å². The molecule has 4 rings (SSSR count). The van der Waals surface area contributed by atoms with Gasteiger partial charge in [0.25, 0.3) is 10.9 Å². The third kappa shape index (κ3) is 4.52. The minimum absolute atomic E-state index is 0.0438. The number of anilines is 3. The van der Waals surface area contributed by atoms with Crippen LogP contribution in [0.3, 0.4) is 0 Å². The summed E-state index contributed by atoms with van der Waals surface area (Å²) in [6.07, 6.45) is -1.13. The number of nitrogens with zero attached hydrogens (tertiary/aromatic N) is 2. The molecular weight excluding hydrogens is 472 g/mol. The van der Waals surface area contributed by atoms with Crippen molar-refractivity contribution in [3.05, 3.63) is 72.4 Å². The zero-order chi connectivity index (χ0) is 25.7. The highest BCUT2D eigenvalue weighted by molar-refractivity contribution is 6.31. The van der Waals surface area contributed by atoms with Crippen LogP contribution in [0.2, 0.25) is 5.02 Å². The first-order valence-electron chi connectivity index (χ1n) is 11.0. The lowest BCUT2D eigenvalue weighted by Crippen LogP contribution is -2.39. The smallest absolute Gasteiger partial charge is 0.253 e. The Hall–Kier alpha value is -3.34. The number of aryl methyl sites for hydroxylation is 1. The predicted octanol–water partition coefficient (Wildman–Crippen LogP) is 4.60. The van der Waals surface area contributed by atoms with Crippen molar-refractivity contribution in [3.63, 3.8) is 0 Å². The van der Waals surface area contributed by atoms with E-state index in [1.165, 1.54) is 4.90 Å². The van der Waals surface area contributed by atoms with Gasteiger partial charge in [0.1, 0.15) is 29.1 Å². The lowest BCUT2D eigenvalue weighted by molar-refractivity contribution is 0.0254. The molecule has 1 aliphatic rings. The monoisotopic (exact) mass is 498 g/mol. The van der Waals surface area contributed by atoms with Crippen LogP contribution in [0.4, 0.5) is 17.1 Å². The molecule has 0 bridgehead atoms. The van der Waals surface area contributed by atoms with E-state index >= 15 is 0 Å². The number of nitrogens with one attached hydrogen (secondary N) is 4. The highest BCUT2D eigenvalue weighted by Gasteiger charge is 2.36. The number of fused-ring (bicyclic) bond motifs is 1. The van der Waals surface area contributed by atoms with Gasteiger partial charge in [-0.05, 0) is 42.2 Å². The Morgan fingerprint density at radius 3 is 2.54 bits per heavy atom. The molecule has 0 spiro atoms. The maximum Gasteiger partial charge on any atom is 0.253 e. The zero-order valence-corrected chi connectivity index (χ0v) is 20.6. The van der Waals surface area contributed by atoms with Gasteiger partial charge in [0.15, 0.2) is 5.84 Å². The third-order valence-electron chi connectivity index (χ3n) is 6.12. The molecule has 0 aliphatic carbocycles. The fourth-order valence-corrected chi connectivity index (χ4v) is 4.52. The summed E-state index contributed by atoms with van der Waals surface area (Å²) in [4.78, 5) is 26.6. The largest absolute Gasteiger partial charge is 0.464 e. The van der Waals surface area contributed by atoms with Crippen molar-refractivity contribution in [1.82, 2.24) is 4.90 Å². The van der Waals surface area contributed by atoms with Crippen LogP contribution in [0.15, 0.2) is 43.4 Å². The topological polar surface area (TPSA) is 155 Å². The number of rotatable bonds is 7. The lowest BCUT2D eigenvalue weighted by Gasteiger charge is -2.32. The van der Waals surface area contributed by atoms with Gasteiger partial charge in [-0.15, -0.1) is 5.11 Å². The quantitative estimate of drug-likeness (QED) is 0.138. The first kappa shape index (κ1) is 24.8. The Kier molecular flexibility index (Phi) is 6.39. The Bertz CT molecular complexity index is 1380. The summed E-state index contributed by atoms with van der Waals surface area (Å²) in [6, 6.07) is 6.58. The summed E-state index contributed by atoms with van der Waals surface area (Å²) in [6.45, 7) is 8.03. The molecule has 2 aromatic carbocycles. The van der Waals surface area contributed by atoms with E-state index in [2.05, 4.69) is 15.7 Å². The number of halogens is 1. The van der Waals surface area contributed by atoms with Crippen molar-refractivity contribution < 1.29 is 9.52 Å². The van der Waals surface area contributed by atoms with E-state index < -0.39 is 17.1 Å². The molecule has 2 heterocycles. The summed E-state index contributed by atoms with van der Waals surface area (Å²) in [5.41, 5.74) is 7.10. The van der Waals surface area contributed by atoms with Crippen LogP contribution in [-0.2, 0) is 6.54 Å². The molecule has 0 saturated heterocycles. The van der Waals surface area contributed by atoms with Crippen LogP contribution in [0.25, 0.3) is 0 Å². The molecule has 1 aromatic heterocycles. The Labute approximate surface area is 206 Å². The maximum absolute atomic E-state index is 12.6. The first-order chi connectivity index (χ1) is 16.4. The van der Waals surface area contributed by atoms with E-state index in [1.807, 2.05) is 39.8 Å². The van der Waals surface area contributed by atoms with Gasteiger partial charge in [0.2, 0.25) is 0 Å². The minimum Gasteiger partial charge on any atom is -0.464 e. The van der Waals surface area contributed by atoms with Crippen LogP contribution in [0.5, 0.6) is 0 Å². The number of aliphatic hydroxyl groups is 1. The number of hydrogen-bond donors (Lipinski definition) is 5. The number of furan rings is 1. The lowest BCUT2D eigenvalue weighted by atomic mass is 9.85. The van der Waals surface area contributed by atoms with Gasteiger partial charge in [-0.3, -0.25) is 19.9 Å². The van der Waals surface area contributed by atoms with E-state index in [-0.39, 0.29) is 41.8 Å². The van der Waals surface area contributed by atoms with Crippen molar-refractivity contribution in [2.45, 2.75) is 46.5 Å². The standard InChI is InChI=1S/C24H27ClN6O4/c1-11-5-8-15(35-11)22(24(2,3)4)29-19-18(20(32)21(19)33)28-14-7-6-13(25)12-9-31(10-16(26)30-27)23(34)17(12)14/h5-8,22-23,26-29,34H,9-10H2,1-4H3/t22-,23?/m0/s1. The average molecular weight is 499 g/mol. The van der Waals surface area contributed by atoms with Gasteiger partial charge in [-0.25, -0.2) is 5.53 Å². The second-order valence-electron chi connectivity index (χ2n) is 9.75. The third-order valence-corrected chi connectivity index (χ3v) is 6.48. The Morgan fingerprint density at radius 2 is 1.94 bits per heavy atom. The van der Waals surface area contributed by atoms with Crippen LogP contribution in [-0.4, -0.2) is 22.4 Å². The predicted molar refractivity (Wildman–Crippen MR) is 134 cm³/mol. The highest BCUT2D eigenvalue weighted by atomic mass is 35.5. The highest BCUT2D eigenvalue weighted by Crippen LogP contribution is 2.43. The number of amidine groups is 1. The van der Waals surface area contributed by atoms with E-state index in [1.54, 1.807) is 12.1 Å². The number of benzene rings is 1. The Morgan fingerprint density at radius 1 is 1.26 bits per heavy atom. The summed E-state index contributed by atoms with van der Waals surface area (Å²) in [7, 11) is 0. The second kappa shape index (κ2) is 9.03. The molecular formula is C24H27ClN6O4. The average Bonchev–Trinajstić information content (AvgIpc) is 3.37. The minimum atomic E-state index is -1.13. The van der Waals surface area contributed by atoms with E-state index in [4.69, 9.17) is 27.0 Å². The Balaban J connectivity index is 1.67. The van der Waals surface area contributed by atoms with Crippen molar-refractivity contribution in [2.24, 2.45) is 10.5 Å². The summed E-state index contributed by atoms with van der Waals surface area (Å²) in [5, 5.41) is 28.3. The van der Waals surface area contributed by atoms with E-state index in [0.717, 1.165) is 5.76 Å². The van der Waals surface area contributed by atoms with Gasteiger partial charge in [0.05, 0.1) is 12.6 Å². The molecule has 0 fully saturated rings. The zero-order valence-electron chi connectivity index (χ0n) is 19.8. The molecule has 11 heteroatoms. The van der Waals surface area contributed by atoms with E-state index in [0.29, 0.717) is 27.6 Å². The molecule has 2 atom stereocenters. The molecule has 0 amide bonds. The first-order valence-corrected chi connectivity index (χ1v) is 11.4. The molecule has 10 nitrogen and oxygen atoms in total. The number of hydrogen-bond acceptors (Lipinski definition) is 9. The molecule has 0 radical (unpaired) electrons. The number of aliphatic hydroxyl groups excluding tert-OH is 1. The van der Waals surface area contributed by atoms with E-state index in [9.17, 15) is 14.7 Å². The van der Waals surface area contributed by atoms with Crippen molar-refractivity contribution >= 4 is 34.5 Å².